The third-order valence-electron chi connectivity index (χ3n) is 3.94. The van der Waals surface area contributed by atoms with Gasteiger partial charge >= 0.3 is 0 Å². The van der Waals surface area contributed by atoms with Gasteiger partial charge in [0.1, 0.15) is 5.52 Å². The molecule has 0 aliphatic carbocycles. The van der Waals surface area contributed by atoms with Crippen LogP contribution in [0.2, 0.25) is 0 Å². The summed E-state index contributed by atoms with van der Waals surface area (Å²) in [5.41, 5.74) is 1.53. The number of para-hydroxylation sites is 1. The zero-order valence-electron chi connectivity index (χ0n) is 11.8. The summed E-state index contributed by atoms with van der Waals surface area (Å²) in [4.78, 5) is 30.5. The van der Waals surface area contributed by atoms with Crippen LogP contribution in [0, 0.1) is 0 Å². The summed E-state index contributed by atoms with van der Waals surface area (Å²) in [6.45, 7) is 1.52. The molecule has 112 valence electrons. The van der Waals surface area contributed by atoms with Crippen LogP contribution in [0.5, 0.6) is 0 Å². The predicted molar refractivity (Wildman–Crippen MR) is 93.2 cm³/mol. The van der Waals surface area contributed by atoms with E-state index in [2.05, 4.69) is 4.98 Å². The summed E-state index contributed by atoms with van der Waals surface area (Å²) >= 11 is 2.90. The van der Waals surface area contributed by atoms with Gasteiger partial charge in [-0.05, 0) is 12.1 Å². The van der Waals surface area contributed by atoms with E-state index < -0.39 is 0 Å². The van der Waals surface area contributed by atoms with Gasteiger partial charge in [0.05, 0.1) is 4.88 Å². The molecule has 4 nitrogen and oxygen atoms in total. The lowest BCUT2D eigenvalue weighted by atomic mass is 10.2. The van der Waals surface area contributed by atoms with Crippen molar-refractivity contribution < 1.29 is 4.79 Å². The number of amides is 1. The number of nitrogens with one attached hydrogen (secondary N) is 1. The molecule has 3 heterocycles. The monoisotopic (exact) mass is 330 g/mol. The molecule has 0 radical (unpaired) electrons. The first-order valence-electron chi connectivity index (χ1n) is 7.15. The van der Waals surface area contributed by atoms with Gasteiger partial charge in [-0.25, -0.2) is 0 Å². The van der Waals surface area contributed by atoms with Crippen LogP contribution in [0.4, 0.5) is 0 Å². The zero-order valence-corrected chi connectivity index (χ0v) is 13.4. The van der Waals surface area contributed by atoms with E-state index in [1.165, 1.54) is 0 Å². The quantitative estimate of drug-likeness (QED) is 0.746. The minimum Gasteiger partial charge on any atom is -0.351 e. The Kier molecular flexibility index (Phi) is 3.43. The molecule has 0 spiro atoms. The molecule has 0 saturated carbocycles. The Labute approximate surface area is 135 Å². The standard InChI is InChI=1S/C16H14N2O2S2/c19-15(18-5-7-21-8-6-18)13-9-11-10-3-1-2-4-12(10)17-14(11)16(20)22-13/h1-4,9,17H,5-8H2. The van der Waals surface area contributed by atoms with Crippen molar-refractivity contribution in [3.8, 4) is 0 Å². The normalized spacial score (nSPS) is 15.5. The number of carbonyl (C=O) groups excluding carboxylic acids is 1. The van der Waals surface area contributed by atoms with Gasteiger partial charge in [-0.15, -0.1) is 0 Å². The summed E-state index contributed by atoms with van der Waals surface area (Å²) in [5, 5.41) is 1.83. The van der Waals surface area contributed by atoms with Crippen LogP contribution in [-0.4, -0.2) is 40.4 Å². The van der Waals surface area contributed by atoms with Gasteiger partial charge in [-0.2, -0.15) is 11.8 Å². The minimum absolute atomic E-state index is 0.0189. The van der Waals surface area contributed by atoms with Crippen molar-refractivity contribution in [2.75, 3.05) is 24.6 Å². The highest BCUT2D eigenvalue weighted by Gasteiger charge is 2.21. The highest BCUT2D eigenvalue weighted by Crippen LogP contribution is 2.26. The first-order chi connectivity index (χ1) is 10.7. The largest absolute Gasteiger partial charge is 0.351 e. The minimum atomic E-state index is -0.0802. The fourth-order valence-corrected chi connectivity index (χ4v) is 4.57. The van der Waals surface area contributed by atoms with E-state index in [4.69, 9.17) is 0 Å². The van der Waals surface area contributed by atoms with E-state index in [9.17, 15) is 9.59 Å². The van der Waals surface area contributed by atoms with Crippen molar-refractivity contribution in [3.63, 3.8) is 0 Å². The molecule has 22 heavy (non-hydrogen) atoms. The molecule has 3 aromatic rings. The third kappa shape index (κ3) is 2.23. The Hall–Kier alpha value is -1.79. The molecule has 1 fully saturated rings. The lowest BCUT2D eigenvalue weighted by Gasteiger charge is -2.26. The third-order valence-corrected chi connectivity index (χ3v) is 5.78. The second-order valence-corrected chi connectivity index (χ2v) is 7.50. The number of aromatic amines is 1. The maximum Gasteiger partial charge on any atom is 0.264 e. The molecule has 1 saturated heterocycles. The predicted octanol–water partition coefficient (Wildman–Crippen LogP) is 2.93. The second kappa shape index (κ2) is 5.44. The van der Waals surface area contributed by atoms with Gasteiger partial charge < -0.3 is 9.88 Å². The highest BCUT2D eigenvalue weighted by molar-refractivity contribution is 7.99. The summed E-state index contributed by atoms with van der Waals surface area (Å²) in [7, 11) is 0. The molecule has 1 amide bonds. The first-order valence-corrected chi connectivity index (χ1v) is 9.13. The molecule has 0 unspecified atom stereocenters. The molecule has 1 aromatic carbocycles. The van der Waals surface area contributed by atoms with Gasteiger partial charge in [-0.1, -0.05) is 29.5 Å². The Morgan fingerprint density at radius 2 is 1.91 bits per heavy atom. The van der Waals surface area contributed by atoms with Gasteiger partial charge in [-0.3, -0.25) is 9.59 Å². The average molecular weight is 330 g/mol. The first kappa shape index (κ1) is 13.8. The second-order valence-electron chi connectivity index (χ2n) is 5.26. The van der Waals surface area contributed by atoms with Crippen LogP contribution >= 0.6 is 23.1 Å². The Morgan fingerprint density at radius 3 is 2.73 bits per heavy atom. The number of hydrogen-bond donors (Lipinski definition) is 1. The summed E-state index contributed by atoms with van der Waals surface area (Å²) in [6.07, 6.45) is 0. The summed E-state index contributed by atoms with van der Waals surface area (Å²) in [5.74, 6) is 1.92. The molecule has 6 heteroatoms. The zero-order chi connectivity index (χ0) is 15.1. The van der Waals surface area contributed by atoms with Crippen LogP contribution in [0.25, 0.3) is 21.8 Å². The molecule has 0 atom stereocenters. The molecular formula is C16H14N2O2S2. The van der Waals surface area contributed by atoms with Crippen LogP contribution in [0.1, 0.15) is 9.67 Å². The van der Waals surface area contributed by atoms with E-state index in [0.717, 1.165) is 52.2 Å². The van der Waals surface area contributed by atoms with E-state index in [-0.39, 0.29) is 10.6 Å². The van der Waals surface area contributed by atoms with Crippen molar-refractivity contribution >= 4 is 50.8 Å². The van der Waals surface area contributed by atoms with Crippen molar-refractivity contribution in [1.29, 1.82) is 0 Å². The number of thioether (sulfide) groups is 1. The Balaban J connectivity index is 1.86. The average Bonchev–Trinajstić information content (AvgIpc) is 2.94. The molecule has 0 bridgehead atoms. The highest BCUT2D eigenvalue weighted by atomic mass is 32.2. The van der Waals surface area contributed by atoms with Crippen molar-refractivity contribution in [1.82, 2.24) is 9.88 Å². The molecule has 1 N–H and O–H groups in total. The number of benzene rings is 1. The number of H-pyrrole nitrogens is 1. The fourth-order valence-electron chi connectivity index (χ4n) is 2.81. The maximum atomic E-state index is 12.6. The summed E-state index contributed by atoms with van der Waals surface area (Å²) < 4.78 is -0.0802. The number of carbonyl (C=O) groups is 1. The molecule has 4 rings (SSSR count). The van der Waals surface area contributed by atoms with Gasteiger partial charge in [0, 0.05) is 40.9 Å². The Bertz CT molecular complexity index is 923. The van der Waals surface area contributed by atoms with E-state index >= 15 is 0 Å². The fraction of sp³-hybridized carbons (Fsp3) is 0.250. The number of nitrogens with zero attached hydrogens (tertiary/aromatic N) is 1. The smallest absolute Gasteiger partial charge is 0.264 e. The molecule has 2 aromatic heterocycles. The lowest BCUT2D eigenvalue weighted by molar-refractivity contribution is 0.0777. The summed E-state index contributed by atoms with van der Waals surface area (Å²) in [6, 6.07) is 9.67. The van der Waals surface area contributed by atoms with Gasteiger partial charge in [0.25, 0.3) is 10.6 Å². The van der Waals surface area contributed by atoms with Crippen LogP contribution < -0.4 is 4.74 Å². The van der Waals surface area contributed by atoms with E-state index in [1.807, 2.05) is 47.0 Å². The number of rotatable bonds is 1. The number of aromatic nitrogens is 1. The van der Waals surface area contributed by atoms with Crippen molar-refractivity contribution in [2.45, 2.75) is 0 Å². The molecule has 1 aliphatic heterocycles. The van der Waals surface area contributed by atoms with Crippen LogP contribution in [0.15, 0.2) is 35.1 Å². The SMILES string of the molecule is O=C(c1cc2c([nH]c3ccccc32)c(=O)s1)N1CCSCC1. The number of hydrogen-bond acceptors (Lipinski definition) is 4. The van der Waals surface area contributed by atoms with E-state index in [1.54, 1.807) is 0 Å². The lowest BCUT2D eigenvalue weighted by Crippen LogP contribution is -2.37. The molecule has 1 aliphatic rings. The van der Waals surface area contributed by atoms with Crippen LogP contribution in [-0.2, 0) is 0 Å². The van der Waals surface area contributed by atoms with Crippen molar-refractivity contribution in [3.05, 3.63) is 44.7 Å². The number of fused-ring (bicyclic) bond motifs is 3. The van der Waals surface area contributed by atoms with E-state index in [0.29, 0.717) is 10.4 Å². The molecular weight excluding hydrogens is 316 g/mol. The Morgan fingerprint density at radius 1 is 1.14 bits per heavy atom. The van der Waals surface area contributed by atoms with Gasteiger partial charge in [0.2, 0.25) is 0 Å². The van der Waals surface area contributed by atoms with Crippen molar-refractivity contribution in [2.24, 2.45) is 0 Å². The van der Waals surface area contributed by atoms with Crippen LogP contribution in [0.3, 0.4) is 0 Å². The topological polar surface area (TPSA) is 53.2 Å². The van der Waals surface area contributed by atoms with Gasteiger partial charge in [0.15, 0.2) is 0 Å². The maximum absolute atomic E-state index is 12.6.